The quantitative estimate of drug-likeness (QED) is 0.751. The molecular weight excluding hydrogens is 326 g/mol. The van der Waals surface area contributed by atoms with Crippen LogP contribution in [0.5, 0.6) is 5.75 Å². The van der Waals surface area contributed by atoms with Gasteiger partial charge in [-0.1, -0.05) is 30.7 Å². The standard InChI is InChI=1S/C20H21N5O/c1-26-14-9-10-18-17(11-14)15-3-2-4-16(15)19(21-18)12-5-7-13(8-6-12)20-22-24-25-23-20/h5-11,15-16,19,21H,2-4H2,1H3,(H,22,23,24,25)/t15-,16+,19+/m1/s1. The molecule has 5 rings (SSSR count). The van der Waals surface area contributed by atoms with Gasteiger partial charge in [0.1, 0.15) is 5.75 Å². The molecule has 6 nitrogen and oxygen atoms in total. The predicted molar refractivity (Wildman–Crippen MR) is 99.1 cm³/mol. The van der Waals surface area contributed by atoms with Gasteiger partial charge in [-0.15, -0.1) is 5.10 Å². The van der Waals surface area contributed by atoms with E-state index in [9.17, 15) is 0 Å². The molecule has 2 heterocycles. The van der Waals surface area contributed by atoms with Gasteiger partial charge >= 0.3 is 0 Å². The van der Waals surface area contributed by atoms with Crippen molar-refractivity contribution in [3.05, 3.63) is 53.6 Å². The number of H-pyrrole nitrogens is 1. The first-order chi connectivity index (χ1) is 12.8. The fourth-order valence-electron chi connectivity index (χ4n) is 4.61. The number of hydrogen-bond acceptors (Lipinski definition) is 5. The number of fused-ring (bicyclic) bond motifs is 3. The Bertz CT molecular complexity index is 906. The van der Waals surface area contributed by atoms with E-state index in [1.807, 2.05) is 6.07 Å². The minimum absolute atomic E-state index is 0.338. The minimum Gasteiger partial charge on any atom is -0.497 e. The van der Waals surface area contributed by atoms with E-state index in [4.69, 9.17) is 4.74 Å². The van der Waals surface area contributed by atoms with Crippen molar-refractivity contribution in [2.45, 2.75) is 31.2 Å². The first-order valence-electron chi connectivity index (χ1n) is 9.12. The molecule has 6 heteroatoms. The zero-order valence-corrected chi connectivity index (χ0v) is 14.6. The number of rotatable bonds is 3. The van der Waals surface area contributed by atoms with Crippen LogP contribution in [0.1, 0.15) is 42.3 Å². The van der Waals surface area contributed by atoms with Crippen molar-refractivity contribution in [3.8, 4) is 17.1 Å². The summed E-state index contributed by atoms with van der Waals surface area (Å²) in [7, 11) is 1.73. The second-order valence-electron chi connectivity index (χ2n) is 7.15. The van der Waals surface area contributed by atoms with E-state index in [-0.39, 0.29) is 0 Å². The molecule has 2 N–H and O–H groups in total. The lowest BCUT2D eigenvalue weighted by Gasteiger charge is -2.37. The van der Waals surface area contributed by atoms with Crippen LogP contribution in [0, 0.1) is 5.92 Å². The van der Waals surface area contributed by atoms with Crippen molar-refractivity contribution < 1.29 is 4.74 Å². The van der Waals surface area contributed by atoms with Gasteiger partial charge in [-0.3, -0.25) is 0 Å². The largest absolute Gasteiger partial charge is 0.497 e. The van der Waals surface area contributed by atoms with Crippen molar-refractivity contribution in [2.24, 2.45) is 5.92 Å². The Labute approximate surface area is 152 Å². The molecule has 0 bridgehead atoms. The summed E-state index contributed by atoms with van der Waals surface area (Å²) >= 11 is 0. The molecule has 0 unspecified atom stereocenters. The number of aromatic amines is 1. The van der Waals surface area contributed by atoms with Gasteiger partial charge in [-0.25, -0.2) is 5.10 Å². The van der Waals surface area contributed by atoms with Crippen molar-refractivity contribution >= 4 is 5.69 Å². The molecule has 132 valence electrons. The van der Waals surface area contributed by atoms with Crippen LogP contribution in [-0.2, 0) is 0 Å². The van der Waals surface area contributed by atoms with Crippen molar-refractivity contribution in [3.63, 3.8) is 0 Å². The molecule has 3 aromatic rings. The smallest absolute Gasteiger partial charge is 0.179 e. The summed E-state index contributed by atoms with van der Waals surface area (Å²) in [5, 5.41) is 17.9. The summed E-state index contributed by atoms with van der Waals surface area (Å²) in [5.74, 6) is 2.86. The van der Waals surface area contributed by atoms with Crippen LogP contribution in [0.2, 0.25) is 0 Å². The van der Waals surface area contributed by atoms with E-state index in [1.54, 1.807) is 7.11 Å². The van der Waals surface area contributed by atoms with E-state index in [0.29, 0.717) is 23.7 Å². The van der Waals surface area contributed by atoms with E-state index in [0.717, 1.165) is 11.3 Å². The number of methoxy groups -OCH3 is 1. The van der Waals surface area contributed by atoms with Gasteiger partial charge in [0, 0.05) is 11.3 Å². The molecule has 1 saturated carbocycles. The Morgan fingerprint density at radius 1 is 1.08 bits per heavy atom. The fraction of sp³-hybridized carbons (Fsp3) is 0.350. The molecule has 0 amide bonds. The maximum absolute atomic E-state index is 5.44. The van der Waals surface area contributed by atoms with E-state index >= 15 is 0 Å². The molecule has 1 aliphatic heterocycles. The first kappa shape index (κ1) is 15.4. The Morgan fingerprint density at radius 2 is 1.96 bits per heavy atom. The second-order valence-corrected chi connectivity index (χ2v) is 7.15. The third kappa shape index (κ3) is 2.44. The van der Waals surface area contributed by atoms with Gasteiger partial charge < -0.3 is 10.1 Å². The SMILES string of the molecule is COc1ccc2c(c1)[C@@H]1CCC[C@@H]1[C@H](c1ccc(-c3nnn[nH]3)cc1)N2. The lowest BCUT2D eigenvalue weighted by atomic mass is 9.77. The Morgan fingerprint density at radius 3 is 2.73 bits per heavy atom. The highest BCUT2D eigenvalue weighted by molar-refractivity contribution is 5.61. The molecule has 1 aromatic heterocycles. The number of aromatic nitrogens is 4. The molecule has 0 saturated heterocycles. The molecule has 3 atom stereocenters. The summed E-state index contributed by atoms with van der Waals surface area (Å²) < 4.78 is 5.44. The van der Waals surface area contributed by atoms with Crippen molar-refractivity contribution in [1.29, 1.82) is 0 Å². The molecular formula is C20H21N5O. The lowest BCUT2D eigenvalue weighted by molar-refractivity contribution is 0.396. The monoisotopic (exact) mass is 347 g/mol. The van der Waals surface area contributed by atoms with Gasteiger partial charge in [-0.05, 0) is 64.4 Å². The van der Waals surface area contributed by atoms with E-state index in [2.05, 4.69) is 62.3 Å². The Balaban J connectivity index is 1.49. The Kier molecular flexibility index (Phi) is 3.62. The minimum atomic E-state index is 0.338. The molecule has 0 spiro atoms. The average Bonchev–Trinajstić information content (AvgIpc) is 3.39. The van der Waals surface area contributed by atoms with Crippen molar-refractivity contribution in [2.75, 3.05) is 12.4 Å². The van der Waals surface area contributed by atoms with Gasteiger partial charge in [0.05, 0.1) is 13.2 Å². The summed E-state index contributed by atoms with van der Waals surface area (Å²) in [6.07, 6.45) is 3.80. The Hall–Kier alpha value is -2.89. The summed E-state index contributed by atoms with van der Waals surface area (Å²) in [6, 6.07) is 15.3. The van der Waals surface area contributed by atoms with Crippen LogP contribution < -0.4 is 10.1 Å². The molecule has 1 fully saturated rings. The zero-order chi connectivity index (χ0) is 17.5. The molecule has 2 aromatic carbocycles. The molecule has 0 radical (unpaired) electrons. The number of hydrogen-bond donors (Lipinski definition) is 2. The normalized spacial score (nSPS) is 23.8. The van der Waals surface area contributed by atoms with Crippen LogP contribution in [0.25, 0.3) is 11.4 Å². The molecule has 1 aliphatic carbocycles. The molecule has 2 aliphatic rings. The van der Waals surface area contributed by atoms with Gasteiger partial charge in [-0.2, -0.15) is 0 Å². The maximum Gasteiger partial charge on any atom is 0.179 e. The fourth-order valence-corrected chi connectivity index (χ4v) is 4.61. The zero-order valence-electron chi connectivity index (χ0n) is 14.6. The number of tetrazole rings is 1. The van der Waals surface area contributed by atoms with Crippen LogP contribution in [0.3, 0.4) is 0 Å². The first-order valence-corrected chi connectivity index (χ1v) is 9.12. The number of ether oxygens (including phenoxy) is 1. The highest BCUT2D eigenvalue weighted by Gasteiger charge is 2.40. The third-order valence-electron chi connectivity index (χ3n) is 5.86. The van der Waals surface area contributed by atoms with Gasteiger partial charge in [0.25, 0.3) is 0 Å². The highest BCUT2D eigenvalue weighted by atomic mass is 16.5. The summed E-state index contributed by atoms with van der Waals surface area (Å²) in [5.41, 5.74) is 4.97. The number of nitrogens with one attached hydrogen (secondary N) is 2. The topological polar surface area (TPSA) is 75.7 Å². The second kappa shape index (κ2) is 6.12. The lowest BCUT2D eigenvalue weighted by Crippen LogP contribution is -2.28. The van der Waals surface area contributed by atoms with Gasteiger partial charge in [0.2, 0.25) is 0 Å². The third-order valence-corrected chi connectivity index (χ3v) is 5.86. The highest BCUT2D eigenvalue weighted by Crippen LogP contribution is 2.53. The van der Waals surface area contributed by atoms with Crippen LogP contribution in [-0.4, -0.2) is 27.7 Å². The average molecular weight is 347 g/mol. The van der Waals surface area contributed by atoms with Crippen LogP contribution >= 0.6 is 0 Å². The van der Waals surface area contributed by atoms with Crippen LogP contribution in [0.4, 0.5) is 5.69 Å². The predicted octanol–water partition coefficient (Wildman–Crippen LogP) is 3.93. The summed E-state index contributed by atoms with van der Waals surface area (Å²) in [4.78, 5) is 0. The maximum atomic E-state index is 5.44. The van der Waals surface area contributed by atoms with E-state index in [1.165, 1.54) is 36.1 Å². The number of benzene rings is 2. The van der Waals surface area contributed by atoms with E-state index < -0.39 is 0 Å². The van der Waals surface area contributed by atoms with Crippen molar-refractivity contribution in [1.82, 2.24) is 20.6 Å². The molecule has 26 heavy (non-hydrogen) atoms. The van der Waals surface area contributed by atoms with Gasteiger partial charge in [0.15, 0.2) is 5.82 Å². The summed E-state index contributed by atoms with van der Waals surface area (Å²) in [6.45, 7) is 0. The number of anilines is 1. The number of nitrogens with zero attached hydrogens (tertiary/aromatic N) is 3. The van der Waals surface area contributed by atoms with Crippen LogP contribution in [0.15, 0.2) is 42.5 Å².